The number of nitrogens with zero attached hydrogens (tertiary/aromatic N) is 2. The van der Waals surface area contributed by atoms with Gasteiger partial charge in [0.25, 0.3) is 0 Å². The van der Waals surface area contributed by atoms with Gasteiger partial charge in [-0.1, -0.05) is 0 Å². The molecule has 1 fully saturated rings. The van der Waals surface area contributed by atoms with Crippen molar-refractivity contribution in [3.8, 4) is 0 Å². The molecule has 27 heavy (non-hydrogen) atoms. The second-order valence-electron chi connectivity index (χ2n) is 6.66. The van der Waals surface area contributed by atoms with Gasteiger partial charge in [0.05, 0.1) is 11.0 Å². The number of β-amino-alcohol motifs (C(OH)–C–C–N with tert-alkyl or cyclic N) is 1. The zero-order valence-electron chi connectivity index (χ0n) is 15.2. The van der Waals surface area contributed by atoms with E-state index in [9.17, 15) is 22.3 Å². The van der Waals surface area contributed by atoms with Gasteiger partial charge in [-0.2, -0.15) is 4.31 Å². The largest absolute Gasteiger partial charge is 0.387 e. The lowest BCUT2D eigenvalue weighted by molar-refractivity contribution is 0.0920. The van der Waals surface area contributed by atoms with E-state index in [0.717, 1.165) is 27.5 Å². The first-order valence-corrected chi connectivity index (χ1v) is 10.9. The number of hydrogen-bond donors (Lipinski definition) is 1. The maximum atomic E-state index is 13.4. The minimum atomic E-state index is -3.87. The second-order valence-corrected chi connectivity index (χ2v) is 10.1. The topological polar surface area (TPSA) is 60.9 Å². The number of aliphatic hydroxyl groups is 1. The van der Waals surface area contributed by atoms with Gasteiger partial charge in [0.1, 0.15) is 0 Å². The van der Waals surface area contributed by atoms with Crippen LogP contribution in [0.5, 0.6) is 0 Å². The summed E-state index contributed by atoms with van der Waals surface area (Å²) in [5, 5.41) is 10.5. The van der Waals surface area contributed by atoms with Crippen LogP contribution >= 0.6 is 11.3 Å². The fourth-order valence-corrected chi connectivity index (χ4v) is 5.68. The fraction of sp³-hybridized carbons (Fsp3) is 0.444. The van der Waals surface area contributed by atoms with E-state index in [-0.39, 0.29) is 18.0 Å². The van der Waals surface area contributed by atoms with Gasteiger partial charge in [0, 0.05) is 42.5 Å². The molecule has 0 amide bonds. The molecule has 1 aliphatic heterocycles. The van der Waals surface area contributed by atoms with Crippen molar-refractivity contribution in [3.05, 3.63) is 51.2 Å². The van der Waals surface area contributed by atoms with Crippen molar-refractivity contribution in [3.63, 3.8) is 0 Å². The standard InChI is InChI=1S/C18H22F2N2O3S2/c1-12-9-15(13(2)26-12)18(23)11-21-5-7-22(8-6-21)27(24,25)14-3-4-16(19)17(20)10-14/h3-4,9-10,18,23H,5-8,11H2,1-2H3/t18-/m1/s1. The third-order valence-corrected chi connectivity index (χ3v) is 7.61. The molecule has 0 unspecified atom stereocenters. The van der Waals surface area contributed by atoms with E-state index >= 15 is 0 Å². The van der Waals surface area contributed by atoms with E-state index in [1.165, 1.54) is 4.31 Å². The maximum absolute atomic E-state index is 13.4. The lowest BCUT2D eigenvalue weighted by Gasteiger charge is -2.35. The number of halogens is 2. The molecule has 1 N–H and O–H groups in total. The van der Waals surface area contributed by atoms with Gasteiger partial charge in [-0.3, -0.25) is 4.90 Å². The number of hydrogen-bond acceptors (Lipinski definition) is 5. The van der Waals surface area contributed by atoms with E-state index in [1.807, 2.05) is 24.8 Å². The summed E-state index contributed by atoms with van der Waals surface area (Å²) in [7, 11) is -3.87. The summed E-state index contributed by atoms with van der Waals surface area (Å²) in [6.45, 7) is 5.78. The number of aryl methyl sites for hydroxylation is 2. The molecular weight excluding hydrogens is 394 g/mol. The van der Waals surface area contributed by atoms with Crippen LogP contribution in [0.25, 0.3) is 0 Å². The van der Waals surface area contributed by atoms with E-state index in [0.29, 0.717) is 25.7 Å². The third kappa shape index (κ3) is 4.38. The molecule has 0 radical (unpaired) electrons. The van der Waals surface area contributed by atoms with Gasteiger partial charge >= 0.3 is 0 Å². The van der Waals surface area contributed by atoms with Crippen molar-refractivity contribution in [2.45, 2.75) is 24.8 Å². The Morgan fingerprint density at radius 3 is 2.33 bits per heavy atom. The quantitative estimate of drug-likeness (QED) is 0.814. The smallest absolute Gasteiger partial charge is 0.243 e. The van der Waals surface area contributed by atoms with Crippen LogP contribution in [0.15, 0.2) is 29.2 Å². The Kier molecular flexibility index (Phi) is 5.97. The minimum Gasteiger partial charge on any atom is -0.387 e. The minimum absolute atomic E-state index is 0.232. The highest BCUT2D eigenvalue weighted by Crippen LogP contribution is 2.27. The summed E-state index contributed by atoms with van der Waals surface area (Å²) < 4.78 is 52.9. The first-order chi connectivity index (χ1) is 12.7. The summed E-state index contributed by atoms with van der Waals surface area (Å²) in [4.78, 5) is 3.98. The van der Waals surface area contributed by atoms with Crippen LogP contribution in [0.2, 0.25) is 0 Å². The highest BCUT2D eigenvalue weighted by molar-refractivity contribution is 7.89. The van der Waals surface area contributed by atoms with Crippen LogP contribution in [0.4, 0.5) is 8.78 Å². The first kappa shape index (κ1) is 20.3. The Morgan fingerprint density at radius 2 is 1.78 bits per heavy atom. The molecule has 0 bridgehead atoms. The van der Waals surface area contributed by atoms with Crippen LogP contribution in [-0.2, 0) is 10.0 Å². The lowest BCUT2D eigenvalue weighted by atomic mass is 10.1. The number of thiophene rings is 1. The molecule has 2 heterocycles. The first-order valence-electron chi connectivity index (χ1n) is 8.61. The predicted molar refractivity (Wildman–Crippen MR) is 100 cm³/mol. The Hall–Kier alpha value is -1.39. The van der Waals surface area contributed by atoms with Gasteiger partial charge in [0.15, 0.2) is 11.6 Å². The molecule has 0 spiro atoms. The predicted octanol–water partition coefficient (Wildman–Crippen LogP) is 2.68. The molecule has 5 nitrogen and oxygen atoms in total. The molecule has 1 aliphatic rings. The molecular formula is C18H22F2N2O3S2. The van der Waals surface area contributed by atoms with Gasteiger partial charge in [-0.15, -0.1) is 11.3 Å². The van der Waals surface area contributed by atoms with Crippen molar-refractivity contribution in [2.24, 2.45) is 0 Å². The molecule has 1 aromatic carbocycles. The molecule has 3 rings (SSSR count). The summed E-state index contributed by atoms with van der Waals surface area (Å²) in [5.41, 5.74) is 0.911. The second kappa shape index (κ2) is 7.92. The molecule has 1 aromatic heterocycles. The lowest BCUT2D eigenvalue weighted by Crippen LogP contribution is -2.49. The summed E-state index contributed by atoms with van der Waals surface area (Å²) >= 11 is 1.64. The zero-order chi connectivity index (χ0) is 19.8. The monoisotopic (exact) mass is 416 g/mol. The summed E-state index contributed by atoms with van der Waals surface area (Å²) in [6, 6.07) is 4.59. The van der Waals surface area contributed by atoms with Crippen molar-refractivity contribution in [2.75, 3.05) is 32.7 Å². The highest BCUT2D eigenvalue weighted by atomic mass is 32.2. The fourth-order valence-electron chi connectivity index (χ4n) is 3.26. The molecule has 148 valence electrons. The van der Waals surface area contributed by atoms with Crippen LogP contribution in [0.1, 0.15) is 21.4 Å². The molecule has 9 heteroatoms. The van der Waals surface area contributed by atoms with E-state index in [1.54, 1.807) is 11.3 Å². The van der Waals surface area contributed by atoms with Crippen molar-refractivity contribution in [1.82, 2.24) is 9.21 Å². The summed E-state index contributed by atoms with van der Waals surface area (Å²) in [5.74, 6) is -2.26. The van der Waals surface area contributed by atoms with E-state index in [4.69, 9.17) is 0 Å². The van der Waals surface area contributed by atoms with Crippen molar-refractivity contribution in [1.29, 1.82) is 0 Å². The number of aliphatic hydroxyl groups excluding tert-OH is 1. The molecule has 1 atom stereocenters. The average Bonchev–Trinajstić information content (AvgIpc) is 2.96. The SMILES string of the molecule is Cc1cc([C@H](O)CN2CCN(S(=O)(=O)c3ccc(F)c(F)c3)CC2)c(C)s1. The number of piperazine rings is 1. The Labute approximate surface area is 161 Å². The molecule has 1 saturated heterocycles. The third-order valence-electron chi connectivity index (χ3n) is 4.73. The van der Waals surface area contributed by atoms with Gasteiger partial charge in [0.2, 0.25) is 10.0 Å². The molecule has 0 aliphatic carbocycles. The Balaban J connectivity index is 1.62. The van der Waals surface area contributed by atoms with E-state index < -0.39 is 27.8 Å². The van der Waals surface area contributed by atoms with Crippen LogP contribution in [-0.4, -0.2) is 55.5 Å². The van der Waals surface area contributed by atoms with Crippen LogP contribution in [0.3, 0.4) is 0 Å². The van der Waals surface area contributed by atoms with Crippen LogP contribution < -0.4 is 0 Å². The van der Waals surface area contributed by atoms with Gasteiger partial charge in [-0.25, -0.2) is 17.2 Å². The normalized spacial score (nSPS) is 18.0. The number of sulfonamides is 1. The molecule has 0 saturated carbocycles. The number of benzene rings is 1. The maximum Gasteiger partial charge on any atom is 0.243 e. The Bertz CT molecular complexity index is 923. The number of rotatable bonds is 5. The van der Waals surface area contributed by atoms with Gasteiger partial charge in [-0.05, 0) is 43.7 Å². The van der Waals surface area contributed by atoms with Crippen molar-refractivity contribution < 1.29 is 22.3 Å². The Morgan fingerprint density at radius 1 is 1.11 bits per heavy atom. The summed E-state index contributed by atoms with van der Waals surface area (Å²) in [6.07, 6.45) is -0.621. The zero-order valence-corrected chi connectivity index (χ0v) is 16.8. The molecule has 2 aromatic rings. The van der Waals surface area contributed by atoms with Crippen molar-refractivity contribution >= 4 is 21.4 Å². The average molecular weight is 417 g/mol. The highest BCUT2D eigenvalue weighted by Gasteiger charge is 2.30. The van der Waals surface area contributed by atoms with Gasteiger partial charge < -0.3 is 5.11 Å². The van der Waals surface area contributed by atoms with E-state index in [2.05, 4.69) is 0 Å². The van der Waals surface area contributed by atoms with Crippen LogP contribution in [0, 0.1) is 25.5 Å².